The molecule has 0 aliphatic carbocycles. The first kappa shape index (κ1) is 23.6. The topological polar surface area (TPSA) is 88.4 Å². The number of alkyl halides is 1. The summed E-state index contributed by atoms with van der Waals surface area (Å²) in [5.41, 5.74) is 5.63. The molecule has 0 radical (unpaired) electrons. The van der Waals surface area contributed by atoms with Gasteiger partial charge >= 0.3 is 0 Å². The minimum Gasteiger partial charge on any atom is -0.485 e. The van der Waals surface area contributed by atoms with Crippen molar-refractivity contribution in [2.24, 2.45) is 7.05 Å². The normalized spacial score (nSPS) is 21.6. The van der Waals surface area contributed by atoms with Gasteiger partial charge in [-0.15, -0.1) is 0 Å². The van der Waals surface area contributed by atoms with E-state index >= 15 is 0 Å². The zero-order chi connectivity index (χ0) is 25.7. The fourth-order valence-electron chi connectivity index (χ4n) is 5.62. The molecule has 9 nitrogen and oxygen atoms in total. The molecule has 6 heterocycles. The Morgan fingerprint density at radius 2 is 2.16 bits per heavy atom. The number of pyridine rings is 2. The van der Waals surface area contributed by atoms with Gasteiger partial charge in [-0.05, 0) is 37.1 Å². The average Bonchev–Trinajstić information content (AvgIpc) is 3.19. The van der Waals surface area contributed by atoms with Gasteiger partial charge in [0.15, 0.2) is 5.75 Å². The summed E-state index contributed by atoms with van der Waals surface area (Å²) in [6.07, 6.45) is 6.42. The number of anilines is 2. The molecule has 192 valence electrons. The van der Waals surface area contributed by atoms with Crippen molar-refractivity contribution in [2.75, 3.05) is 31.5 Å². The first-order valence-electron chi connectivity index (χ1n) is 12.6. The molecular weight excluding hydrogens is 473 g/mol. The lowest BCUT2D eigenvalue weighted by atomic mass is 9.89. The van der Waals surface area contributed by atoms with E-state index in [1.807, 2.05) is 38.5 Å². The van der Waals surface area contributed by atoms with E-state index in [9.17, 15) is 9.18 Å². The number of aryl methyl sites for hydroxylation is 2. The minimum absolute atomic E-state index is 0.127. The number of carbonyl (C=O) groups is 1. The van der Waals surface area contributed by atoms with Crippen molar-refractivity contribution in [1.29, 1.82) is 0 Å². The molecule has 6 rings (SSSR count). The Balaban J connectivity index is 1.18. The molecule has 0 spiro atoms. The van der Waals surface area contributed by atoms with Gasteiger partial charge in [-0.2, -0.15) is 5.10 Å². The number of hydrogen-bond acceptors (Lipinski definition) is 7. The zero-order valence-electron chi connectivity index (χ0n) is 21.0. The van der Waals surface area contributed by atoms with Crippen LogP contribution in [-0.4, -0.2) is 73.8 Å². The number of nitrogens with one attached hydrogen (secondary N) is 1. The molecule has 3 aliphatic heterocycles. The number of fused-ring (bicyclic) bond motifs is 2. The summed E-state index contributed by atoms with van der Waals surface area (Å²) in [6.45, 7) is 8.00. The van der Waals surface area contributed by atoms with Gasteiger partial charge in [-0.25, -0.2) is 9.37 Å². The predicted molar refractivity (Wildman–Crippen MR) is 137 cm³/mol. The van der Waals surface area contributed by atoms with Crippen LogP contribution in [0.5, 0.6) is 5.75 Å². The maximum absolute atomic E-state index is 14.9. The first-order chi connectivity index (χ1) is 17.9. The highest BCUT2D eigenvalue weighted by Gasteiger charge is 2.41. The summed E-state index contributed by atoms with van der Waals surface area (Å²) in [4.78, 5) is 25.0. The van der Waals surface area contributed by atoms with Crippen molar-refractivity contribution in [1.82, 2.24) is 29.5 Å². The number of ether oxygens (including phenoxy) is 1. The molecule has 1 amide bonds. The number of aromatic nitrogens is 4. The first-order valence-corrected chi connectivity index (χ1v) is 12.6. The van der Waals surface area contributed by atoms with Crippen LogP contribution in [0.2, 0.25) is 0 Å². The molecule has 0 saturated carbocycles. The van der Waals surface area contributed by atoms with Crippen LogP contribution < -0.4 is 10.1 Å². The quantitative estimate of drug-likeness (QED) is 0.547. The number of nitrogens with zero attached hydrogens (tertiary/aromatic N) is 6. The Kier molecular flexibility index (Phi) is 5.91. The molecule has 3 aliphatic rings. The van der Waals surface area contributed by atoms with Crippen molar-refractivity contribution in [3.05, 3.63) is 60.3 Å². The van der Waals surface area contributed by atoms with Crippen molar-refractivity contribution in [3.63, 3.8) is 0 Å². The highest BCUT2D eigenvalue weighted by Crippen LogP contribution is 2.41. The van der Waals surface area contributed by atoms with Gasteiger partial charge in [-0.1, -0.05) is 6.58 Å². The fourth-order valence-corrected chi connectivity index (χ4v) is 5.62. The van der Waals surface area contributed by atoms with E-state index in [-0.39, 0.29) is 24.4 Å². The van der Waals surface area contributed by atoms with Crippen LogP contribution in [0.15, 0.2) is 43.4 Å². The second-order valence-corrected chi connectivity index (χ2v) is 10.0. The number of rotatable bonds is 4. The van der Waals surface area contributed by atoms with Gasteiger partial charge in [0.2, 0.25) is 5.91 Å². The van der Waals surface area contributed by atoms with Crippen molar-refractivity contribution in [3.8, 4) is 16.9 Å². The van der Waals surface area contributed by atoms with E-state index in [1.54, 1.807) is 15.8 Å². The van der Waals surface area contributed by atoms with Crippen LogP contribution in [0.4, 0.5) is 15.9 Å². The molecule has 2 saturated heterocycles. The van der Waals surface area contributed by atoms with Crippen LogP contribution >= 0.6 is 0 Å². The highest BCUT2D eigenvalue weighted by molar-refractivity contribution is 5.87. The molecule has 1 N–H and O–H groups in total. The summed E-state index contributed by atoms with van der Waals surface area (Å²) < 4.78 is 22.9. The van der Waals surface area contributed by atoms with E-state index < -0.39 is 6.17 Å². The Labute approximate surface area is 215 Å². The Bertz CT molecular complexity index is 1370. The van der Waals surface area contributed by atoms with Gasteiger partial charge < -0.3 is 15.0 Å². The molecule has 2 fully saturated rings. The van der Waals surface area contributed by atoms with Gasteiger partial charge in [0.1, 0.15) is 18.6 Å². The van der Waals surface area contributed by atoms with Gasteiger partial charge in [0, 0.05) is 67.9 Å². The summed E-state index contributed by atoms with van der Waals surface area (Å²) in [5.74, 6) is 1.49. The molecule has 2 atom stereocenters. The Hall–Kier alpha value is -3.79. The van der Waals surface area contributed by atoms with Crippen molar-refractivity contribution >= 4 is 17.4 Å². The Morgan fingerprint density at radius 3 is 2.89 bits per heavy atom. The second-order valence-electron chi connectivity index (χ2n) is 10.0. The van der Waals surface area contributed by atoms with Crippen LogP contribution in [0.25, 0.3) is 11.1 Å². The molecule has 0 aromatic carbocycles. The van der Waals surface area contributed by atoms with Gasteiger partial charge in [-0.3, -0.25) is 19.4 Å². The van der Waals surface area contributed by atoms with Crippen LogP contribution in [0, 0.1) is 6.92 Å². The highest BCUT2D eigenvalue weighted by atomic mass is 19.1. The smallest absolute Gasteiger partial charge is 0.246 e. The molecule has 3 aromatic heterocycles. The molecular formula is C27H30FN7O2. The predicted octanol–water partition coefficient (Wildman–Crippen LogP) is 3.35. The maximum Gasteiger partial charge on any atom is 0.246 e. The number of carbonyl (C=O) groups excluding carboxylic acids is 1. The molecule has 0 bridgehead atoms. The molecule has 37 heavy (non-hydrogen) atoms. The lowest BCUT2D eigenvalue weighted by molar-refractivity contribution is -0.130. The number of amides is 1. The van der Waals surface area contributed by atoms with Crippen molar-refractivity contribution in [2.45, 2.75) is 38.1 Å². The number of likely N-dealkylation sites (tertiary alicyclic amines) is 2. The Morgan fingerprint density at radius 1 is 1.32 bits per heavy atom. The van der Waals surface area contributed by atoms with E-state index in [2.05, 4.69) is 26.9 Å². The third-order valence-corrected chi connectivity index (χ3v) is 7.64. The SMILES string of the molecule is C=CC(=O)N1CC[C@H](N2CC(c3cc4c(c(C)n3)OCc3c(-c5cnn(C)c5)ccnc3N4)C2)C(F)C1. The average molecular weight is 504 g/mol. The van der Waals surface area contributed by atoms with E-state index in [1.165, 1.54) is 6.08 Å². The monoisotopic (exact) mass is 503 g/mol. The van der Waals surface area contributed by atoms with E-state index in [4.69, 9.17) is 9.72 Å². The number of hydrogen-bond donors (Lipinski definition) is 1. The molecule has 1 unspecified atom stereocenters. The largest absolute Gasteiger partial charge is 0.485 e. The summed E-state index contributed by atoms with van der Waals surface area (Å²) >= 11 is 0. The molecule has 10 heteroatoms. The summed E-state index contributed by atoms with van der Waals surface area (Å²) in [7, 11) is 1.90. The van der Waals surface area contributed by atoms with E-state index in [0.29, 0.717) is 19.6 Å². The summed E-state index contributed by atoms with van der Waals surface area (Å²) in [5, 5.41) is 7.79. The van der Waals surface area contributed by atoms with E-state index in [0.717, 1.165) is 58.4 Å². The van der Waals surface area contributed by atoms with Gasteiger partial charge in [0.05, 0.1) is 24.1 Å². The molecule has 3 aromatic rings. The fraction of sp³-hybridized carbons (Fsp3) is 0.407. The number of piperidine rings is 1. The zero-order valence-corrected chi connectivity index (χ0v) is 21.0. The minimum atomic E-state index is -1.06. The number of halogens is 1. The second kappa shape index (κ2) is 9.26. The standard InChI is InChI=1S/C27H30FN7O2/c1-4-25(36)34-8-6-24(21(28)14-34)35-12-18(13-35)22-9-23-26(16(2)31-22)37-15-20-19(5-7-29-27(20)32-23)17-10-30-33(3)11-17/h4-5,7,9-11,18,21,24H,1,6,8,12-15H2,2-3H3,(H,29,32)/t21?,24-/m0/s1. The van der Waals surface area contributed by atoms with Crippen LogP contribution in [-0.2, 0) is 18.4 Å². The van der Waals surface area contributed by atoms with Crippen LogP contribution in [0.1, 0.15) is 29.3 Å². The maximum atomic E-state index is 14.9. The third kappa shape index (κ3) is 4.25. The summed E-state index contributed by atoms with van der Waals surface area (Å²) in [6, 6.07) is 3.85. The van der Waals surface area contributed by atoms with Crippen LogP contribution in [0.3, 0.4) is 0 Å². The lowest BCUT2D eigenvalue weighted by Gasteiger charge is -2.48. The lowest BCUT2D eigenvalue weighted by Crippen LogP contribution is -2.59. The van der Waals surface area contributed by atoms with Crippen molar-refractivity contribution < 1.29 is 13.9 Å². The third-order valence-electron chi connectivity index (χ3n) is 7.64. The van der Waals surface area contributed by atoms with Gasteiger partial charge in [0.25, 0.3) is 0 Å².